The van der Waals surface area contributed by atoms with E-state index in [4.69, 9.17) is 0 Å². The van der Waals surface area contributed by atoms with Crippen molar-refractivity contribution >= 4 is 5.57 Å². The molecule has 0 N–H and O–H groups in total. The third kappa shape index (κ3) is 5.73. The predicted molar refractivity (Wildman–Crippen MR) is 143 cm³/mol. The Morgan fingerprint density at radius 1 is 0.588 bits per heavy atom. The Balaban J connectivity index is 1.38. The summed E-state index contributed by atoms with van der Waals surface area (Å²) >= 11 is 0. The van der Waals surface area contributed by atoms with Crippen LogP contribution in [0.1, 0.15) is 41.5 Å². The molecule has 0 spiro atoms. The fourth-order valence-electron chi connectivity index (χ4n) is 5.33. The smallest absolute Gasteiger partial charge is 0.0237 e. The Labute approximate surface area is 204 Å². The lowest BCUT2D eigenvalue weighted by Crippen LogP contribution is -2.28. The van der Waals surface area contributed by atoms with Crippen molar-refractivity contribution in [2.45, 2.75) is 32.4 Å². The van der Waals surface area contributed by atoms with Gasteiger partial charge in [0.25, 0.3) is 0 Å². The molecule has 1 aliphatic carbocycles. The molecule has 0 heterocycles. The van der Waals surface area contributed by atoms with Crippen LogP contribution in [0.5, 0.6) is 0 Å². The van der Waals surface area contributed by atoms with E-state index in [1.54, 1.807) is 5.57 Å². The summed E-state index contributed by atoms with van der Waals surface area (Å²) in [7, 11) is 0. The van der Waals surface area contributed by atoms with Crippen molar-refractivity contribution in [3.63, 3.8) is 0 Å². The number of allylic oxidation sites excluding steroid dienone is 1. The van der Waals surface area contributed by atoms with E-state index in [0.29, 0.717) is 5.92 Å². The molecule has 0 radical (unpaired) electrons. The van der Waals surface area contributed by atoms with Crippen molar-refractivity contribution in [2.24, 2.45) is 5.92 Å². The van der Waals surface area contributed by atoms with Gasteiger partial charge in [-0.3, -0.25) is 4.90 Å². The van der Waals surface area contributed by atoms with Crippen molar-refractivity contribution in [3.05, 3.63) is 149 Å². The highest BCUT2D eigenvalue weighted by molar-refractivity contribution is 5.82. The monoisotopic (exact) mass is 443 g/mol. The molecular formula is C33H33N. The minimum Gasteiger partial charge on any atom is -0.295 e. The molecular weight excluding hydrogens is 410 g/mol. The zero-order valence-corrected chi connectivity index (χ0v) is 19.8. The zero-order chi connectivity index (χ0) is 23.0. The third-order valence-electron chi connectivity index (χ3n) is 6.88. The molecule has 1 fully saturated rings. The van der Waals surface area contributed by atoms with Gasteiger partial charge < -0.3 is 0 Å². The van der Waals surface area contributed by atoms with Gasteiger partial charge in [0.2, 0.25) is 0 Å². The lowest BCUT2D eigenvalue weighted by molar-refractivity contribution is 0.216. The zero-order valence-electron chi connectivity index (χ0n) is 19.8. The molecule has 0 amide bonds. The average molecular weight is 444 g/mol. The predicted octanol–water partition coefficient (Wildman–Crippen LogP) is 7.99. The fraction of sp³-hybridized carbons (Fsp3) is 0.212. The lowest BCUT2D eigenvalue weighted by Gasteiger charge is -2.26. The van der Waals surface area contributed by atoms with E-state index in [9.17, 15) is 0 Å². The highest BCUT2D eigenvalue weighted by Gasteiger charge is 2.25. The summed E-state index contributed by atoms with van der Waals surface area (Å²) in [4.78, 5) is 2.64. The topological polar surface area (TPSA) is 3.24 Å². The van der Waals surface area contributed by atoms with Crippen LogP contribution < -0.4 is 0 Å². The van der Waals surface area contributed by atoms with Gasteiger partial charge in [0, 0.05) is 19.6 Å². The van der Waals surface area contributed by atoms with Gasteiger partial charge in [0.15, 0.2) is 0 Å². The van der Waals surface area contributed by atoms with E-state index in [0.717, 1.165) is 19.6 Å². The van der Waals surface area contributed by atoms with E-state index in [2.05, 4.69) is 126 Å². The molecule has 1 unspecified atom stereocenters. The first kappa shape index (κ1) is 22.4. The summed E-state index contributed by atoms with van der Waals surface area (Å²) in [5.74, 6) is 0.685. The maximum Gasteiger partial charge on any atom is 0.0237 e. The van der Waals surface area contributed by atoms with Gasteiger partial charge in [-0.05, 0) is 53.0 Å². The first-order valence-electron chi connectivity index (χ1n) is 12.5. The summed E-state index contributed by atoms with van der Waals surface area (Å²) in [5.41, 5.74) is 8.52. The van der Waals surface area contributed by atoms with Crippen molar-refractivity contribution in [1.82, 2.24) is 4.90 Å². The Hall–Kier alpha value is -3.42. The van der Waals surface area contributed by atoms with E-state index >= 15 is 0 Å². The first-order chi connectivity index (χ1) is 16.8. The van der Waals surface area contributed by atoms with Crippen molar-refractivity contribution in [2.75, 3.05) is 6.54 Å². The van der Waals surface area contributed by atoms with Crippen LogP contribution in [0.3, 0.4) is 0 Å². The fourth-order valence-corrected chi connectivity index (χ4v) is 5.33. The summed E-state index contributed by atoms with van der Waals surface area (Å²) in [6.07, 6.45) is 3.63. The van der Waals surface area contributed by atoms with Crippen LogP contribution in [0.4, 0.5) is 0 Å². The van der Waals surface area contributed by atoms with Gasteiger partial charge >= 0.3 is 0 Å². The van der Waals surface area contributed by atoms with Crippen LogP contribution in [-0.4, -0.2) is 11.4 Å². The standard InChI is InChI=1S/C33H33N/c1-5-13-27(14-6-1)24-34(25-28-15-7-2-8-16-28)26-29-21-22-32(23-29)33(30-17-9-3-10-18-30)31-19-11-4-12-20-31/h1-20,29H,21-26H2. The highest BCUT2D eigenvalue weighted by Crippen LogP contribution is 2.39. The lowest BCUT2D eigenvalue weighted by atomic mass is 9.91. The van der Waals surface area contributed by atoms with E-state index < -0.39 is 0 Å². The minimum atomic E-state index is 0.685. The number of nitrogens with zero attached hydrogens (tertiary/aromatic N) is 1. The molecule has 4 aromatic rings. The molecule has 5 rings (SSSR count). The van der Waals surface area contributed by atoms with Crippen molar-refractivity contribution < 1.29 is 0 Å². The van der Waals surface area contributed by atoms with Gasteiger partial charge in [-0.1, -0.05) is 127 Å². The number of hydrogen-bond acceptors (Lipinski definition) is 1. The van der Waals surface area contributed by atoms with Crippen LogP contribution >= 0.6 is 0 Å². The van der Waals surface area contributed by atoms with Crippen molar-refractivity contribution in [1.29, 1.82) is 0 Å². The Morgan fingerprint density at radius 2 is 1.03 bits per heavy atom. The third-order valence-corrected chi connectivity index (χ3v) is 6.88. The normalized spacial score (nSPS) is 15.6. The van der Waals surface area contributed by atoms with Crippen LogP contribution in [0.15, 0.2) is 127 Å². The molecule has 1 heteroatoms. The first-order valence-corrected chi connectivity index (χ1v) is 12.5. The van der Waals surface area contributed by atoms with Crippen LogP contribution in [0.25, 0.3) is 5.57 Å². The number of rotatable bonds is 8. The van der Waals surface area contributed by atoms with Gasteiger partial charge in [0.1, 0.15) is 0 Å². The molecule has 0 aromatic heterocycles. The maximum absolute atomic E-state index is 2.64. The van der Waals surface area contributed by atoms with Gasteiger partial charge in [-0.2, -0.15) is 0 Å². The molecule has 1 saturated carbocycles. The van der Waals surface area contributed by atoms with E-state index in [-0.39, 0.29) is 0 Å². The molecule has 4 aromatic carbocycles. The largest absolute Gasteiger partial charge is 0.295 e. The molecule has 1 aliphatic rings. The summed E-state index contributed by atoms with van der Waals surface area (Å²) < 4.78 is 0. The summed E-state index contributed by atoms with van der Waals surface area (Å²) in [6, 6.07) is 43.7. The Morgan fingerprint density at radius 3 is 1.50 bits per heavy atom. The van der Waals surface area contributed by atoms with Crippen LogP contribution in [0.2, 0.25) is 0 Å². The molecule has 1 atom stereocenters. The van der Waals surface area contributed by atoms with Crippen molar-refractivity contribution in [3.8, 4) is 0 Å². The quantitative estimate of drug-likeness (QED) is 0.267. The maximum atomic E-state index is 2.64. The molecule has 0 aliphatic heterocycles. The molecule has 170 valence electrons. The number of hydrogen-bond donors (Lipinski definition) is 0. The molecule has 0 bridgehead atoms. The number of benzene rings is 4. The van der Waals surface area contributed by atoms with Crippen LogP contribution in [0, 0.1) is 5.92 Å². The van der Waals surface area contributed by atoms with Crippen LogP contribution in [-0.2, 0) is 13.1 Å². The Kier molecular flexibility index (Phi) is 7.33. The van der Waals surface area contributed by atoms with Gasteiger partial charge in [-0.15, -0.1) is 0 Å². The second-order valence-corrected chi connectivity index (χ2v) is 9.46. The van der Waals surface area contributed by atoms with Gasteiger partial charge in [0.05, 0.1) is 0 Å². The molecule has 0 saturated heterocycles. The SMILES string of the molecule is c1ccc(CN(Cc2ccccc2)CC2CCC(=C(c3ccccc3)c3ccccc3)C2)cc1. The van der Waals surface area contributed by atoms with E-state index in [1.165, 1.54) is 47.1 Å². The highest BCUT2D eigenvalue weighted by atomic mass is 15.1. The molecule has 1 nitrogen and oxygen atoms in total. The average Bonchev–Trinajstić information content (AvgIpc) is 3.34. The van der Waals surface area contributed by atoms with Gasteiger partial charge in [-0.25, -0.2) is 0 Å². The summed E-state index contributed by atoms with van der Waals surface area (Å²) in [6.45, 7) is 3.12. The molecule has 34 heavy (non-hydrogen) atoms. The summed E-state index contributed by atoms with van der Waals surface area (Å²) in [5, 5.41) is 0. The second-order valence-electron chi connectivity index (χ2n) is 9.46. The van der Waals surface area contributed by atoms with E-state index in [1.807, 2.05) is 0 Å². The Bertz CT molecular complexity index is 1100. The second kappa shape index (κ2) is 11.1. The minimum absolute atomic E-state index is 0.685.